The molecule has 2 aromatic heterocycles. The Labute approximate surface area is 144 Å². The summed E-state index contributed by atoms with van der Waals surface area (Å²) < 4.78 is 0.836. The molecule has 120 valence electrons. The minimum Gasteiger partial charge on any atom is -0.357 e. The van der Waals surface area contributed by atoms with Crippen molar-refractivity contribution in [2.45, 2.75) is 26.7 Å². The van der Waals surface area contributed by atoms with E-state index in [-0.39, 0.29) is 0 Å². The van der Waals surface area contributed by atoms with Crippen molar-refractivity contribution >= 4 is 40.2 Å². The highest BCUT2D eigenvalue weighted by molar-refractivity contribution is 7.16. The Kier molecular flexibility index (Phi) is 7.15. The number of guanidine groups is 1. The van der Waals surface area contributed by atoms with E-state index < -0.39 is 0 Å². The van der Waals surface area contributed by atoms with Gasteiger partial charge in [0, 0.05) is 42.7 Å². The number of rotatable bonds is 7. The molecule has 2 heterocycles. The second kappa shape index (κ2) is 9.12. The lowest BCUT2D eigenvalue weighted by Crippen LogP contribution is -2.38. The van der Waals surface area contributed by atoms with Gasteiger partial charge in [-0.1, -0.05) is 11.6 Å². The third-order valence-corrected chi connectivity index (χ3v) is 5.05. The van der Waals surface area contributed by atoms with E-state index >= 15 is 0 Å². The van der Waals surface area contributed by atoms with E-state index in [9.17, 15) is 0 Å². The molecule has 0 aliphatic heterocycles. The minimum absolute atomic E-state index is 0.752. The maximum absolute atomic E-state index is 5.93. The van der Waals surface area contributed by atoms with Crippen LogP contribution >= 0.6 is 34.3 Å². The number of hydrogen-bond donors (Lipinski definition) is 2. The fourth-order valence-corrected chi connectivity index (χ4v) is 3.66. The maximum Gasteiger partial charge on any atom is 0.191 e. The average Bonchev–Trinajstić information content (AvgIpc) is 3.08. The molecule has 2 rings (SSSR count). The number of nitrogens with one attached hydrogen (secondary N) is 2. The number of aromatic nitrogens is 1. The second-order valence-electron chi connectivity index (χ2n) is 4.75. The van der Waals surface area contributed by atoms with Gasteiger partial charge in [-0.2, -0.15) is 0 Å². The molecule has 0 saturated carbocycles. The van der Waals surface area contributed by atoms with E-state index in [0.717, 1.165) is 53.5 Å². The molecule has 0 radical (unpaired) electrons. The lowest BCUT2D eigenvalue weighted by molar-refractivity contribution is 0.788. The van der Waals surface area contributed by atoms with E-state index in [1.165, 1.54) is 4.88 Å². The monoisotopic (exact) mass is 356 g/mol. The van der Waals surface area contributed by atoms with Crippen LogP contribution in [0.3, 0.4) is 0 Å². The van der Waals surface area contributed by atoms with Crippen LogP contribution in [0.25, 0.3) is 0 Å². The highest BCUT2D eigenvalue weighted by atomic mass is 35.5. The van der Waals surface area contributed by atoms with Crippen LogP contribution in [0.5, 0.6) is 0 Å². The molecule has 22 heavy (non-hydrogen) atoms. The van der Waals surface area contributed by atoms with E-state index in [4.69, 9.17) is 11.6 Å². The summed E-state index contributed by atoms with van der Waals surface area (Å²) in [5.74, 6) is 0.858. The summed E-state index contributed by atoms with van der Waals surface area (Å²) in [4.78, 5) is 10.3. The largest absolute Gasteiger partial charge is 0.357 e. The molecular formula is C15H21ClN4S2. The molecule has 0 atom stereocenters. The number of nitrogens with zero attached hydrogens (tertiary/aromatic N) is 2. The molecular weight excluding hydrogens is 336 g/mol. The normalized spacial score (nSPS) is 11.7. The van der Waals surface area contributed by atoms with E-state index in [0.29, 0.717) is 0 Å². The molecule has 2 aromatic rings. The third kappa shape index (κ3) is 5.94. The zero-order valence-electron chi connectivity index (χ0n) is 12.9. The zero-order chi connectivity index (χ0) is 15.8. The first-order chi connectivity index (χ1) is 10.7. The van der Waals surface area contributed by atoms with Gasteiger partial charge in [-0.25, -0.2) is 4.98 Å². The van der Waals surface area contributed by atoms with Crippen molar-refractivity contribution in [2.75, 3.05) is 19.6 Å². The van der Waals surface area contributed by atoms with E-state index in [2.05, 4.69) is 39.0 Å². The van der Waals surface area contributed by atoms with Gasteiger partial charge < -0.3 is 10.6 Å². The summed E-state index contributed by atoms with van der Waals surface area (Å²) >= 11 is 9.24. The van der Waals surface area contributed by atoms with Crippen LogP contribution < -0.4 is 10.6 Å². The Bertz CT molecular complexity index is 606. The third-order valence-electron chi connectivity index (χ3n) is 2.94. The fourth-order valence-electron chi connectivity index (χ4n) is 1.94. The summed E-state index contributed by atoms with van der Waals surface area (Å²) in [5, 5.41) is 9.84. The zero-order valence-corrected chi connectivity index (χ0v) is 15.2. The van der Waals surface area contributed by atoms with Gasteiger partial charge >= 0.3 is 0 Å². The van der Waals surface area contributed by atoms with Crippen LogP contribution in [0.2, 0.25) is 4.34 Å². The summed E-state index contributed by atoms with van der Waals surface area (Å²) in [6.45, 7) is 6.54. The quantitative estimate of drug-likeness (QED) is 0.589. The Morgan fingerprint density at radius 1 is 1.32 bits per heavy atom. The first-order valence-corrected chi connectivity index (χ1v) is 9.42. The van der Waals surface area contributed by atoms with E-state index in [1.54, 1.807) is 22.7 Å². The van der Waals surface area contributed by atoms with Crippen LogP contribution in [0.4, 0.5) is 0 Å². The molecule has 0 unspecified atom stereocenters. The molecule has 0 spiro atoms. The highest BCUT2D eigenvalue weighted by Gasteiger charge is 2.01. The van der Waals surface area contributed by atoms with Gasteiger partial charge in [0.1, 0.15) is 0 Å². The summed E-state index contributed by atoms with van der Waals surface area (Å²) in [6, 6.07) is 4.00. The Hall–Kier alpha value is -1.11. The SMILES string of the molecule is CCNC(=NCCc1ccc(Cl)s1)NCCc1csc(C)n1. The first kappa shape index (κ1) is 17.2. The first-order valence-electron chi connectivity index (χ1n) is 7.34. The van der Waals surface area contributed by atoms with Crippen LogP contribution in [0.15, 0.2) is 22.5 Å². The molecule has 0 bridgehead atoms. The minimum atomic E-state index is 0.752. The predicted octanol–water partition coefficient (Wildman–Crippen LogP) is 3.51. The summed E-state index contributed by atoms with van der Waals surface area (Å²) in [5.41, 5.74) is 1.14. The van der Waals surface area contributed by atoms with Crippen LogP contribution in [0.1, 0.15) is 22.5 Å². The molecule has 0 amide bonds. The van der Waals surface area contributed by atoms with Crippen molar-refractivity contribution in [3.05, 3.63) is 37.4 Å². The Balaban J connectivity index is 1.76. The molecule has 4 nitrogen and oxygen atoms in total. The lowest BCUT2D eigenvalue weighted by atomic mass is 10.3. The molecule has 0 aliphatic carbocycles. The van der Waals surface area contributed by atoms with Gasteiger partial charge in [0.15, 0.2) is 5.96 Å². The fraction of sp³-hybridized carbons (Fsp3) is 0.467. The van der Waals surface area contributed by atoms with Crippen molar-refractivity contribution in [3.8, 4) is 0 Å². The van der Waals surface area contributed by atoms with E-state index in [1.807, 2.05) is 13.0 Å². The Morgan fingerprint density at radius 3 is 2.82 bits per heavy atom. The van der Waals surface area contributed by atoms with Gasteiger partial charge in [0.2, 0.25) is 0 Å². The lowest BCUT2D eigenvalue weighted by Gasteiger charge is -2.10. The smallest absolute Gasteiger partial charge is 0.191 e. The van der Waals surface area contributed by atoms with Gasteiger partial charge in [0.05, 0.1) is 15.0 Å². The van der Waals surface area contributed by atoms with Gasteiger partial charge in [-0.05, 0) is 26.0 Å². The predicted molar refractivity (Wildman–Crippen MR) is 97.6 cm³/mol. The Morgan fingerprint density at radius 2 is 2.18 bits per heavy atom. The number of hydrogen-bond acceptors (Lipinski definition) is 4. The molecule has 0 saturated heterocycles. The molecule has 7 heteroatoms. The van der Waals surface area contributed by atoms with Gasteiger partial charge in [-0.15, -0.1) is 22.7 Å². The number of aliphatic imine (C=N–C) groups is 1. The standard InChI is InChI=1S/C15H21ClN4S2/c1-3-17-15(18-8-6-12-10-21-11(2)20-12)19-9-7-13-4-5-14(16)22-13/h4-5,10H,3,6-9H2,1-2H3,(H2,17,18,19). The van der Waals surface area contributed by atoms with Gasteiger partial charge in [0.25, 0.3) is 0 Å². The number of thiazole rings is 1. The van der Waals surface area contributed by atoms with Gasteiger partial charge in [-0.3, -0.25) is 4.99 Å². The molecule has 0 aromatic carbocycles. The van der Waals surface area contributed by atoms with Crippen molar-refractivity contribution in [3.63, 3.8) is 0 Å². The van der Waals surface area contributed by atoms with Crippen molar-refractivity contribution in [1.29, 1.82) is 0 Å². The topological polar surface area (TPSA) is 49.3 Å². The highest BCUT2D eigenvalue weighted by Crippen LogP contribution is 2.21. The summed E-state index contributed by atoms with van der Waals surface area (Å²) in [7, 11) is 0. The van der Waals surface area contributed by atoms with Crippen molar-refractivity contribution in [1.82, 2.24) is 15.6 Å². The van der Waals surface area contributed by atoms with Crippen LogP contribution in [0, 0.1) is 6.92 Å². The molecule has 2 N–H and O–H groups in total. The summed E-state index contributed by atoms with van der Waals surface area (Å²) in [6.07, 6.45) is 1.83. The number of halogens is 1. The molecule has 0 fully saturated rings. The average molecular weight is 357 g/mol. The van der Waals surface area contributed by atoms with Crippen LogP contribution in [-0.4, -0.2) is 30.6 Å². The van der Waals surface area contributed by atoms with Crippen molar-refractivity contribution < 1.29 is 0 Å². The second-order valence-corrected chi connectivity index (χ2v) is 7.61. The number of aryl methyl sites for hydroxylation is 1. The van der Waals surface area contributed by atoms with Crippen molar-refractivity contribution in [2.24, 2.45) is 4.99 Å². The van der Waals surface area contributed by atoms with Crippen LogP contribution in [-0.2, 0) is 12.8 Å². The number of thiophene rings is 1. The maximum atomic E-state index is 5.93. The molecule has 0 aliphatic rings.